The average molecular weight is 178 g/mol. The van der Waals surface area contributed by atoms with Crippen molar-refractivity contribution in [3.63, 3.8) is 0 Å². The number of hydrogen-bond acceptors (Lipinski definition) is 2. The molecule has 2 rings (SSSR count). The van der Waals surface area contributed by atoms with Crippen LogP contribution in [0, 0.1) is 5.92 Å². The van der Waals surface area contributed by atoms with Crippen LogP contribution < -0.4 is 0 Å². The zero-order valence-corrected chi connectivity index (χ0v) is 7.82. The standard InChI is InChI=1S/C11H14O2/c1-13-11-4-2-3-8-7-9(12)5-6-10(8)11/h2-4,10-11H,5-7H2,1H3. The maximum Gasteiger partial charge on any atom is 0.136 e. The van der Waals surface area contributed by atoms with E-state index in [9.17, 15) is 4.79 Å². The molecule has 0 bridgehead atoms. The molecule has 2 aliphatic carbocycles. The minimum atomic E-state index is 0.188. The first-order valence-electron chi connectivity index (χ1n) is 4.73. The van der Waals surface area contributed by atoms with Gasteiger partial charge in [0.2, 0.25) is 0 Å². The van der Waals surface area contributed by atoms with Crippen LogP contribution in [0.5, 0.6) is 0 Å². The van der Waals surface area contributed by atoms with Gasteiger partial charge in [-0.15, -0.1) is 0 Å². The molecule has 70 valence electrons. The van der Waals surface area contributed by atoms with Crippen molar-refractivity contribution in [1.82, 2.24) is 0 Å². The highest BCUT2D eigenvalue weighted by molar-refractivity contribution is 5.82. The predicted octanol–water partition coefficient (Wildman–Crippen LogP) is 1.87. The third kappa shape index (κ3) is 1.59. The summed E-state index contributed by atoms with van der Waals surface area (Å²) in [6.45, 7) is 0. The van der Waals surface area contributed by atoms with E-state index in [2.05, 4.69) is 12.2 Å². The quantitative estimate of drug-likeness (QED) is 0.612. The number of allylic oxidation sites excluding steroid dienone is 2. The lowest BCUT2D eigenvalue weighted by atomic mass is 9.78. The van der Waals surface area contributed by atoms with Crippen LogP contribution in [0.1, 0.15) is 19.3 Å². The van der Waals surface area contributed by atoms with E-state index in [0.717, 1.165) is 12.8 Å². The van der Waals surface area contributed by atoms with Gasteiger partial charge in [0.05, 0.1) is 6.10 Å². The van der Waals surface area contributed by atoms with Gasteiger partial charge in [0, 0.05) is 25.9 Å². The molecule has 1 saturated carbocycles. The SMILES string of the molecule is COC1C=CC=C2CC(=O)CCC21. The van der Waals surface area contributed by atoms with Crippen molar-refractivity contribution in [2.45, 2.75) is 25.4 Å². The van der Waals surface area contributed by atoms with E-state index in [0.29, 0.717) is 18.1 Å². The Morgan fingerprint density at radius 3 is 3.15 bits per heavy atom. The van der Waals surface area contributed by atoms with Crippen LogP contribution in [-0.4, -0.2) is 19.0 Å². The molecule has 0 aromatic rings. The van der Waals surface area contributed by atoms with Crippen LogP contribution >= 0.6 is 0 Å². The van der Waals surface area contributed by atoms with Gasteiger partial charge in [-0.1, -0.05) is 23.8 Å². The highest BCUT2D eigenvalue weighted by Gasteiger charge is 2.30. The van der Waals surface area contributed by atoms with Crippen LogP contribution in [0.2, 0.25) is 0 Å². The van der Waals surface area contributed by atoms with Crippen molar-refractivity contribution in [2.24, 2.45) is 5.92 Å². The molecular formula is C11H14O2. The van der Waals surface area contributed by atoms with Crippen LogP contribution in [0.25, 0.3) is 0 Å². The van der Waals surface area contributed by atoms with Crippen molar-refractivity contribution in [2.75, 3.05) is 7.11 Å². The van der Waals surface area contributed by atoms with Gasteiger partial charge in [0.1, 0.15) is 5.78 Å². The number of hydrogen-bond donors (Lipinski definition) is 0. The Hall–Kier alpha value is -0.890. The minimum Gasteiger partial charge on any atom is -0.377 e. The maximum absolute atomic E-state index is 11.2. The molecule has 0 aliphatic heterocycles. The van der Waals surface area contributed by atoms with E-state index in [1.165, 1.54) is 5.57 Å². The van der Waals surface area contributed by atoms with Gasteiger partial charge in [0.15, 0.2) is 0 Å². The molecule has 2 heteroatoms. The van der Waals surface area contributed by atoms with Crippen molar-refractivity contribution in [3.8, 4) is 0 Å². The van der Waals surface area contributed by atoms with Gasteiger partial charge in [0.25, 0.3) is 0 Å². The molecular weight excluding hydrogens is 164 g/mol. The molecule has 0 amide bonds. The number of ether oxygens (including phenoxy) is 1. The Bertz CT molecular complexity index is 276. The Kier molecular flexibility index (Phi) is 2.32. The molecule has 0 radical (unpaired) electrons. The zero-order chi connectivity index (χ0) is 9.26. The topological polar surface area (TPSA) is 26.3 Å². The molecule has 1 fully saturated rings. The van der Waals surface area contributed by atoms with E-state index in [1.807, 2.05) is 6.08 Å². The van der Waals surface area contributed by atoms with Gasteiger partial charge < -0.3 is 4.74 Å². The van der Waals surface area contributed by atoms with Crippen molar-refractivity contribution < 1.29 is 9.53 Å². The largest absolute Gasteiger partial charge is 0.377 e. The van der Waals surface area contributed by atoms with E-state index in [1.54, 1.807) is 7.11 Å². The Morgan fingerprint density at radius 1 is 1.54 bits per heavy atom. The second kappa shape index (κ2) is 3.46. The number of Topliss-reactive ketones (excluding diaryl/α,β-unsaturated/α-hetero) is 1. The lowest BCUT2D eigenvalue weighted by Gasteiger charge is -2.31. The summed E-state index contributed by atoms with van der Waals surface area (Å²) in [6, 6.07) is 0. The zero-order valence-electron chi connectivity index (χ0n) is 7.82. The van der Waals surface area contributed by atoms with Crippen LogP contribution in [-0.2, 0) is 9.53 Å². The molecule has 0 saturated heterocycles. The molecule has 0 aromatic carbocycles. The highest BCUT2D eigenvalue weighted by atomic mass is 16.5. The highest BCUT2D eigenvalue weighted by Crippen LogP contribution is 2.33. The normalized spacial score (nSPS) is 32.7. The maximum atomic E-state index is 11.2. The van der Waals surface area contributed by atoms with Gasteiger partial charge in [-0.2, -0.15) is 0 Å². The number of fused-ring (bicyclic) bond motifs is 1. The minimum absolute atomic E-state index is 0.188. The summed E-state index contributed by atoms with van der Waals surface area (Å²) >= 11 is 0. The van der Waals surface area contributed by atoms with Gasteiger partial charge in [-0.25, -0.2) is 0 Å². The first-order chi connectivity index (χ1) is 6.31. The predicted molar refractivity (Wildman–Crippen MR) is 50.4 cm³/mol. The monoisotopic (exact) mass is 178 g/mol. The number of carbonyl (C=O) groups excluding carboxylic acids is 1. The summed E-state index contributed by atoms with van der Waals surface area (Å²) < 4.78 is 5.36. The molecule has 0 N–H and O–H groups in total. The van der Waals surface area contributed by atoms with E-state index in [4.69, 9.17) is 4.74 Å². The average Bonchev–Trinajstić information content (AvgIpc) is 2.16. The van der Waals surface area contributed by atoms with Crippen LogP contribution in [0.4, 0.5) is 0 Å². The molecule has 2 atom stereocenters. The van der Waals surface area contributed by atoms with E-state index >= 15 is 0 Å². The first kappa shape index (κ1) is 8.70. The second-order valence-electron chi connectivity index (χ2n) is 3.69. The molecule has 2 nitrogen and oxygen atoms in total. The summed E-state index contributed by atoms with van der Waals surface area (Å²) in [4.78, 5) is 11.2. The first-order valence-corrected chi connectivity index (χ1v) is 4.73. The van der Waals surface area contributed by atoms with Gasteiger partial charge in [-0.3, -0.25) is 4.79 Å². The molecule has 0 spiro atoms. The Morgan fingerprint density at radius 2 is 2.38 bits per heavy atom. The van der Waals surface area contributed by atoms with Gasteiger partial charge in [-0.05, 0) is 6.42 Å². The Balaban J connectivity index is 2.18. The summed E-state index contributed by atoms with van der Waals surface area (Å²) in [5, 5.41) is 0. The van der Waals surface area contributed by atoms with E-state index < -0.39 is 0 Å². The van der Waals surface area contributed by atoms with Crippen LogP contribution in [0.15, 0.2) is 23.8 Å². The Labute approximate surface area is 78.3 Å². The third-order valence-electron chi connectivity index (χ3n) is 2.89. The second-order valence-corrected chi connectivity index (χ2v) is 3.69. The lowest BCUT2D eigenvalue weighted by molar-refractivity contribution is -0.120. The molecule has 13 heavy (non-hydrogen) atoms. The van der Waals surface area contributed by atoms with Gasteiger partial charge >= 0.3 is 0 Å². The summed E-state index contributed by atoms with van der Waals surface area (Å²) in [5.41, 5.74) is 1.26. The third-order valence-corrected chi connectivity index (χ3v) is 2.89. The molecule has 2 unspecified atom stereocenters. The van der Waals surface area contributed by atoms with Crippen molar-refractivity contribution in [3.05, 3.63) is 23.8 Å². The summed E-state index contributed by atoms with van der Waals surface area (Å²) in [7, 11) is 1.73. The van der Waals surface area contributed by atoms with Crippen LogP contribution in [0.3, 0.4) is 0 Å². The van der Waals surface area contributed by atoms with E-state index in [-0.39, 0.29) is 6.10 Å². The molecule has 0 heterocycles. The number of ketones is 1. The smallest absolute Gasteiger partial charge is 0.136 e. The molecule has 0 aromatic heterocycles. The van der Waals surface area contributed by atoms with Crippen molar-refractivity contribution >= 4 is 5.78 Å². The fourth-order valence-corrected chi connectivity index (χ4v) is 2.17. The number of carbonyl (C=O) groups is 1. The number of rotatable bonds is 1. The number of methoxy groups -OCH3 is 1. The lowest BCUT2D eigenvalue weighted by Crippen LogP contribution is -2.29. The molecule has 2 aliphatic rings. The summed E-state index contributed by atoms with van der Waals surface area (Å²) in [5.74, 6) is 0.820. The van der Waals surface area contributed by atoms with Crippen molar-refractivity contribution in [1.29, 1.82) is 0 Å². The fraction of sp³-hybridized carbons (Fsp3) is 0.545. The fourth-order valence-electron chi connectivity index (χ4n) is 2.17. The summed E-state index contributed by atoms with van der Waals surface area (Å²) in [6.07, 6.45) is 8.63.